The Morgan fingerprint density at radius 3 is 2.76 bits per heavy atom. The average Bonchev–Trinajstić information content (AvgIpc) is 3.12. The number of carbonyl (C=O) groups excluding carboxylic acids is 1. The lowest BCUT2D eigenvalue weighted by Gasteiger charge is -2.04. The Morgan fingerprint density at radius 2 is 1.88 bits per heavy atom. The van der Waals surface area contributed by atoms with Crippen LogP contribution in [0, 0.1) is 0 Å². The molecule has 0 aliphatic carbocycles. The number of amides is 1. The molecule has 0 bridgehead atoms. The topological polar surface area (TPSA) is 93.8 Å². The van der Waals surface area contributed by atoms with Crippen LogP contribution in [0.1, 0.15) is 9.67 Å². The first-order valence-corrected chi connectivity index (χ1v) is 8.36. The molecule has 3 heterocycles. The van der Waals surface area contributed by atoms with E-state index in [0.717, 1.165) is 15.8 Å². The molecule has 1 amide bonds. The van der Waals surface area contributed by atoms with Gasteiger partial charge in [0.15, 0.2) is 0 Å². The summed E-state index contributed by atoms with van der Waals surface area (Å²) in [6.07, 6.45) is 1.59. The highest BCUT2D eigenvalue weighted by Gasteiger charge is 2.12. The first-order chi connectivity index (χ1) is 12.2. The van der Waals surface area contributed by atoms with Gasteiger partial charge in [-0.2, -0.15) is 0 Å². The number of hydrogen-bond donors (Lipinski definition) is 2. The molecule has 4 aromatic rings. The lowest BCUT2D eigenvalue weighted by molar-refractivity contribution is 0.103. The van der Waals surface area contributed by atoms with Gasteiger partial charge in [-0.05, 0) is 36.4 Å². The Kier molecular flexibility index (Phi) is 3.83. The molecule has 0 atom stereocenters. The number of nitrogens with zero attached hydrogens (tertiary/aromatic N) is 3. The van der Waals surface area contributed by atoms with E-state index >= 15 is 0 Å². The molecular weight excluding hydrogens is 334 g/mol. The number of aromatic nitrogens is 3. The highest BCUT2D eigenvalue weighted by atomic mass is 32.1. The Balaban J connectivity index is 1.56. The summed E-state index contributed by atoms with van der Waals surface area (Å²) in [6, 6.07) is 16.8. The second-order valence-electron chi connectivity index (χ2n) is 5.31. The van der Waals surface area contributed by atoms with Crippen LogP contribution in [0.15, 0.2) is 60.8 Å². The summed E-state index contributed by atoms with van der Waals surface area (Å²) < 4.78 is 0. The molecule has 0 radical (unpaired) electrons. The molecule has 25 heavy (non-hydrogen) atoms. The van der Waals surface area contributed by atoms with Gasteiger partial charge < -0.3 is 11.1 Å². The van der Waals surface area contributed by atoms with Crippen LogP contribution in [0.4, 0.5) is 11.8 Å². The molecule has 0 aliphatic rings. The predicted octanol–water partition coefficient (Wildman–Crippen LogP) is 3.59. The van der Waals surface area contributed by atoms with Crippen LogP contribution < -0.4 is 11.1 Å². The molecule has 122 valence electrons. The third-order valence-corrected chi connectivity index (χ3v) is 4.70. The quantitative estimate of drug-likeness (QED) is 0.591. The first-order valence-electron chi connectivity index (χ1n) is 7.55. The largest absolute Gasteiger partial charge is 0.368 e. The Hall–Kier alpha value is -3.32. The van der Waals surface area contributed by atoms with Crippen LogP contribution in [0.3, 0.4) is 0 Å². The molecule has 6 nitrogen and oxygen atoms in total. The molecule has 0 fully saturated rings. The maximum absolute atomic E-state index is 12.5. The zero-order chi connectivity index (χ0) is 17.2. The maximum Gasteiger partial charge on any atom is 0.266 e. The van der Waals surface area contributed by atoms with Gasteiger partial charge in [-0.3, -0.25) is 4.79 Å². The third kappa shape index (κ3) is 3.17. The normalized spacial score (nSPS) is 10.7. The van der Waals surface area contributed by atoms with E-state index in [1.165, 1.54) is 11.3 Å². The lowest BCUT2D eigenvalue weighted by Crippen LogP contribution is -2.11. The number of benzene rings is 1. The van der Waals surface area contributed by atoms with Crippen molar-refractivity contribution in [2.24, 2.45) is 0 Å². The van der Waals surface area contributed by atoms with Crippen LogP contribution in [0.5, 0.6) is 0 Å². The van der Waals surface area contributed by atoms with Crippen molar-refractivity contribution in [1.82, 2.24) is 15.0 Å². The number of carbonyl (C=O) groups is 1. The van der Waals surface area contributed by atoms with E-state index < -0.39 is 0 Å². The molecule has 0 spiro atoms. The fourth-order valence-corrected chi connectivity index (χ4v) is 3.29. The third-order valence-electron chi connectivity index (χ3n) is 3.60. The summed E-state index contributed by atoms with van der Waals surface area (Å²) in [5, 5.41) is 3.86. The minimum Gasteiger partial charge on any atom is -0.368 e. The number of fused-ring (bicyclic) bond motifs is 1. The number of pyridine rings is 1. The van der Waals surface area contributed by atoms with Gasteiger partial charge in [-0.1, -0.05) is 18.2 Å². The van der Waals surface area contributed by atoms with Gasteiger partial charge in [0.2, 0.25) is 5.95 Å². The van der Waals surface area contributed by atoms with E-state index in [4.69, 9.17) is 5.73 Å². The van der Waals surface area contributed by atoms with Gasteiger partial charge in [0, 0.05) is 11.6 Å². The molecule has 4 rings (SSSR count). The van der Waals surface area contributed by atoms with Crippen molar-refractivity contribution >= 4 is 39.9 Å². The van der Waals surface area contributed by atoms with Crippen LogP contribution in [0.2, 0.25) is 0 Å². The van der Waals surface area contributed by atoms with E-state index in [0.29, 0.717) is 16.4 Å². The minimum absolute atomic E-state index is 0.206. The number of hydrogen-bond acceptors (Lipinski definition) is 6. The summed E-state index contributed by atoms with van der Waals surface area (Å²) in [6.45, 7) is 0. The second kappa shape index (κ2) is 6.29. The fourth-order valence-electron chi connectivity index (χ4n) is 2.42. The van der Waals surface area contributed by atoms with E-state index in [-0.39, 0.29) is 11.9 Å². The molecule has 3 aromatic heterocycles. The fraction of sp³-hybridized carbons (Fsp3) is 0. The Morgan fingerprint density at radius 1 is 1.00 bits per heavy atom. The summed E-state index contributed by atoms with van der Waals surface area (Å²) in [7, 11) is 0. The number of anilines is 2. The van der Waals surface area contributed by atoms with Crippen molar-refractivity contribution in [3.63, 3.8) is 0 Å². The van der Waals surface area contributed by atoms with E-state index in [2.05, 4.69) is 20.3 Å². The summed E-state index contributed by atoms with van der Waals surface area (Å²) in [5.74, 6) is 0.517. The molecule has 7 heteroatoms. The lowest BCUT2D eigenvalue weighted by atomic mass is 10.2. The van der Waals surface area contributed by atoms with Gasteiger partial charge in [-0.15, -0.1) is 11.3 Å². The highest BCUT2D eigenvalue weighted by molar-refractivity contribution is 7.17. The zero-order valence-electron chi connectivity index (χ0n) is 13.0. The monoisotopic (exact) mass is 347 g/mol. The van der Waals surface area contributed by atoms with E-state index in [1.54, 1.807) is 24.4 Å². The molecule has 1 aromatic carbocycles. The number of nitrogens with one attached hydrogen (secondary N) is 1. The van der Waals surface area contributed by atoms with Gasteiger partial charge in [0.25, 0.3) is 5.91 Å². The maximum atomic E-state index is 12.5. The van der Waals surface area contributed by atoms with Gasteiger partial charge >= 0.3 is 0 Å². The molecule has 0 unspecified atom stereocenters. The van der Waals surface area contributed by atoms with Crippen molar-refractivity contribution < 1.29 is 4.79 Å². The van der Waals surface area contributed by atoms with E-state index in [1.807, 2.05) is 36.4 Å². The number of nitrogen functional groups attached to an aromatic ring is 1. The molecule has 0 aliphatic heterocycles. The summed E-state index contributed by atoms with van der Waals surface area (Å²) >= 11 is 1.34. The van der Waals surface area contributed by atoms with Gasteiger partial charge in [-0.25, -0.2) is 15.0 Å². The standard InChI is InChI=1S/C18H13N5OS/c19-18-20-10-9-13(22-18)14-6-7-15(25-14)17(24)23-16-8-5-11-3-1-2-4-12(11)21-16/h1-10H,(H2,19,20,22)(H,21,23,24). The van der Waals surface area contributed by atoms with Crippen molar-refractivity contribution in [3.8, 4) is 10.6 Å². The van der Waals surface area contributed by atoms with Crippen LogP contribution in [0.25, 0.3) is 21.5 Å². The second-order valence-corrected chi connectivity index (χ2v) is 6.39. The SMILES string of the molecule is Nc1nccc(-c2ccc(C(=O)Nc3ccc4ccccc4n3)s2)n1. The summed E-state index contributed by atoms with van der Waals surface area (Å²) in [5.41, 5.74) is 7.14. The van der Waals surface area contributed by atoms with Crippen LogP contribution in [-0.2, 0) is 0 Å². The number of para-hydroxylation sites is 1. The summed E-state index contributed by atoms with van der Waals surface area (Å²) in [4.78, 5) is 26.4. The van der Waals surface area contributed by atoms with Crippen molar-refractivity contribution in [2.75, 3.05) is 11.1 Å². The minimum atomic E-state index is -0.207. The van der Waals surface area contributed by atoms with Crippen LogP contribution >= 0.6 is 11.3 Å². The molecule has 0 saturated heterocycles. The van der Waals surface area contributed by atoms with Crippen molar-refractivity contribution in [1.29, 1.82) is 0 Å². The van der Waals surface area contributed by atoms with Crippen molar-refractivity contribution in [2.45, 2.75) is 0 Å². The number of thiophene rings is 1. The number of nitrogens with two attached hydrogens (primary N) is 1. The number of rotatable bonds is 3. The van der Waals surface area contributed by atoms with E-state index in [9.17, 15) is 4.79 Å². The molecular formula is C18H13N5OS. The molecule has 0 saturated carbocycles. The zero-order valence-corrected chi connectivity index (χ0v) is 13.8. The Bertz CT molecular complexity index is 1080. The van der Waals surface area contributed by atoms with Crippen LogP contribution in [-0.4, -0.2) is 20.9 Å². The first kappa shape index (κ1) is 15.2. The van der Waals surface area contributed by atoms with Gasteiger partial charge in [0.1, 0.15) is 5.82 Å². The predicted molar refractivity (Wildman–Crippen MR) is 99.5 cm³/mol. The Labute approximate surface area is 147 Å². The molecule has 3 N–H and O–H groups in total. The average molecular weight is 347 g/mol. The smallest absolute Gasteiger partial charge is 0.266 e. The van der Waals surface area contributed by atoms with Gasteiger partial charge in [0.05, 0.1) is 21.0 Å². The van der Waals surface area contributed by atoms with Crippen molar-refractivity contribution in [3.05, 3.63) is 65.7 Å². The highest BCUT2D eigenvalue weighted by Crippen LogP contribution is 2.27.